The van der Waals surface area contributed by atoms with Crippen molar-refractivity contribution in [3.8, 4) is 6.07 Å². The molecule has 0 aromatic carbocycles. The second-order valence-electron chi connectivity index (χ2n) is 3.55. The van der Waals surface area contributed by atoms with Crippen LogP contribution in [0, 0.1) is 11.3 Å². The third-order valence-corrected chi connectivity index (χ3v) is 3.50. The molecule has 0 radical (unpaired) electrons. The molecule has 0 bridgehead atoms. The van der Waals surface area contributed by atoms with E-state index in [-0.39, 0.29) is 16.1 Å². The van der Waals surface area contributed by atoms with Gasteiger partial charge in [0.05, 0.1) is 5.69 Å². The molecule has 0 spiro atoms. The zero-order valence-electron chi connectivity index (χ0n) is 9.71. The smallest absolute Gasteiger partial charge is 0.261 e. The van der Waals surface area contributed by atoms with Crippen LogP contribution in [0.3, 0.4) is 0 Å². The highest BCUT2D eigenvalue weighted by Crippen LogP contribution is 2.34. The molecule has 1 amide bonds. The zero-order chi connectivity index (χ0) is 13.8. The number of hydrogen-bond acceptors (Lipinski definition) is 8. The fourth-order valence-corrected chi connectivity index (χ4v) is 2.40. The van der Waals surface area contributed by atoms with Crippen molar-refractivity contribution in [2.75, 3.05) is 17.6 Å². The third-order valence-electron chi connectivity index (χ3n) is 2.32. The molecule has 0 atom stereocenters. The van der Waals surface area contributed by atoms with Crippen molar-refractivity contribution in [2.45, 2.75) is 6.42 Å². The zero-order valence-corrected chi connectivity index (χ0v) is 10.5. The number of rotatable bonds is 5. The van der Waals surface area contributed by atoms with Crippen molar-refractivity contribution in [3.05, 3.63) is 22.7 Å². The van der Waals surface area contributed by atoms with Crippen molar-refractivity contribution in [2.24, 2.45) is 5.73 Å². The molecule has 0 fully saturated rings. The van der Waals surface area contributed by atoms with Gasteiger partial charge in [0.25, 0.3) is 5.91 Å². The third kappa shape index (κ3) is 2.63. The lowest BCUT2D eigenvalue weighted by atomic mass is 10.2. The summed E-state index contributed by atoms with van der Waals surface area (Å²) in [5.41, 5.74) is 11.2. The summed E-state index contributed by atoms with van der Waals surface area (Å²) in [5, 5.41) is 16.2. The number of anilines is 2. The van der Waals surface area contributed by atoms with Crippen LogP contribution in [0.15, 0.2) is 10.9 Å². The quantitative estimate of drug-likeness (QED) is 0.715. The second kappa shape index (κ2) is 5.36. The number of primary amides is 1. The number of nitrogens with two attached hydrogens (primary N) is 2. The lowest BCUT2D eigenvalue weighted by Gasteiger charge is -2.01. The summed E-state index contributed by atoms with van der Waals surface area (Å²) in [7, 11) is 0. The van der Waals surface area contributed by atoms with Gasteiger partial charge in [0, 0.05) is 13.0 Å². The fraction of sp³-hybridized carbons (Fsp3) is 0.200. The molecular formula is C10H10N6O2S. The van der Waals surface area contributed by atoms with Gasteiger partial charge in [0.15, 0.2) is 5.82 Å². The Morgan fingerprint density at radius 1 is 1.63 bits per heavy atom. The lowest BCUT2D eigenvalue weighted by molar-refractivity contribution is 0.100. The number of nitrogens with zero attached hydrogens (tertiary/aromatic N) is 3. The maximum Gasteiger partial charge on any atom is 0.261 e. The Labute approximate surface area is 112 Å². The molecule has 8 nitrogen and oxygen atoms in total. The van der Waals surface area contributed by atoms with Gasteiger partial charge in [0.1, 0.15) is 21.5 Å². The highest BCUT2D eigenvalue weighted by Gasteiger charge is 2.18. The van der Waals surface area contributed by atoms with Crippen LogP contribution in [0.25, 0.3) is 0 Å². The van der Waals surface area contributed by atoms with E-state index in [9.17, 15) is 4.79 Å². The number of carbonyl (C=O) groups is 1. The van der Waals surface area contributed by atoms with E-state index in [1.54, 1.807) is 0 Å². The van der Waals surface area contributed by atoms with E-state index < -0.39 is 5.91 Å². The van der Waals surface area contributed by atoms with Crippen molar-refractivity contribution in [1.82, 2.24) is 10.1 Å². The lowest BCUT2D eigenvalue weighted by Crippen LogP contribution is -2.10. The Bertz CT molecular complexity index is 627. The standard InChI is InChI=1S/C10H10N6O2S/c11-3-5-7(12)8(9(13)17)19-10(5)14-2-1-6-15-4-18-16-6/h4,14H,1-2,12H2,(H2,13,17). The molecule has 2 rings (SSSR count). The van der Waals surface area contributed by atoms with Crippen molar-refractivity contribution >= 4 is 27.9 Å². The summed E-state index contributed by atoms with van der Waals surface area (Å²) >= 11 is 1.06. The molecule has 19 heavy (non-hydrogen) atoms. The van der Waals surface area contributed by atoms with Crippen LogP contribution in [0.5, 0.6) is 0 Å². The Morgan fingerprint density at radius 2 is 2.42 bits per heavy atom. The predicted molar refractivity (Wildman–Crippen MR) is 68.5 cm³/mol. The van der Waals surface area contributed by atoms with Crippen molar-refractivity contribution in [3.63, 3.8) is 0 Å². The van der Waals surface area contributed by atoms with Gasteiger partial charge in [-0.3, -0.25) is 4.79 Å². The summed E-state index contributed by atoms with van der Waals surface area (Å²) in [6.07, 6.45) is 1.76. The van der Waals surface area contributed by atoms with Crippen LogP contribution < -0.4 is 16.8 Å². The molecule has 2 aromatic heterocycles. The van der Waals surface area contributed by atoms with E-state index in [1.807, 2.05) is 6.07 Å². The van der Waals surface area contributed by atoms with Crippen LogP contribution in [0.2, 0.25) is 0 Å². The van der Waals surface area contributed by atoms with Gasteiger partial charge < -0.3 is 21.3 Å². The molecule has 98 valence electrons. The molecule has 0 aliphatic heterocycles. The molecule has 0 saturated heterocycles. The first-order valence-electron chi connectivity index (χ1n) is 5.24. The summed E-state index contributed by atoms with van der Waals surface area (Å²) in [5.74, 6) is -0.101. The predicted octanol–water partition coefficient (Wildman–Crippen LogP) is 0.338. The van der Waals surface area contributed by atoms with Gasteiger partial charge in [-0.1, -0.05) is 5.16 Å². The average Bonchev–Trinajstić information content (AvgIpc) is 2.97. The van der Waals surface area contributed by atoms with E-state index in [4.69, 9.17) is 16.7 Å². The van der Waals surface area contributed by atoms with Gasteiger partial charge in [-0.05, 0) is 0 Å². The number of carbonyl (C=O) groups excluding carboxylic acids is 1. The molecule has 9 heteroatoms. The van der Waals surface area contributed by atoms with Gasteiger partial charge >= 0.3 is 0 Å². The van der Waals surface area contributed by atoms with E-state index in [0.29, 0.717) is 23.8 Å². The maximum atomic E-state index is 11.1. The van der Waals surface area contributed by atoms with Crippen LogP contribution in [0.4, 0.5) is 10.7 Å². The average molecular weight is 278 g/mol. The van der Waals surface area contributed by atoms with Gasteiger partial charge in [0.2, 0.25) is 6.39 Å². The van der Waals surface area contributed by atoms with Crippen LogP contribution in [-0.4, -0.2) is 22.6 Å². The molecular weight excluding hydrogens is 268 g/mol. The van der Waals surface area contributed by atoms with E-state index in [1.165, 1.54) is 6.39 Å². The number of nitrogens with one attached hydrogen (secondary N) is 1. The summed E-state index contributed by atoms with van der Waals surface area (Å²) in [4.78, 5) is 15.2. The monoisotopic (exact) mass is 278 g/mol. The number of aromatic nitrogens is 2. The highest BCUT2D eigenvalue weighted by molar-refractivity contribution is 7.18. The van der Waals surface area contributed by atoms with E-state index in [2.05, 4.69) is 20.0 Å². The molecule has 2 heterocycles. The summed E-state index contributed by atoms with van der Waals surface area (Å²) in [6, 6.07) is 1.95. The minimum atomic E-state index is -0.648. The first kappa shape index (κ1) is 12.8. The minimum Gasteiger partial charge on any atom is -0.396 e. The molecule has 0 saturated carbocycles. The molecule has 0 aliphatic rings. The summed E-state index contributed by atoms with van der Waals surface area (Å²) in [6.45, 7) is 0.479. The Hall–Kier alpha value is -2.60. The van der Waals surface area contributed by atoms with Crippen molar-refractivity contribution in [1.29, 1.82) is 5.26 Å². The van der Waals surface area contributed by atoms with Crippen LogP contribution in [-0.2, 0) is 6.42 Å². The molecule has 0 aliphatic carbocycles. The normalized spacial score (nSPS) is 10.1. The number of hydrogen-bond donors (Lipinski definition) is 3. The second-order valence-corrected chi connectivity index (χ2v) is 4.57. The van der Waals surface area contributed by atoms with Crippen LogP contribution >= 0.6 is 11.3 Å². The van der Waals surface area contributed by atoms with Crippen LogP contribution in [0.1, 0.15) is 21.1 Å². The van der Waals surface area contributed by atoms with Gasteiger partial charge in [-0.15, -0.1) is 11.3 Å². The highest BCUT2D eigenvalue weighted by atomic mass is 32.1. The molecule has 2 aromatic rings. The largest absolute Gasteiger partial charge is 0.396 e. The Morgan fingerprint density at radius 3 is 3.00 bits per heavy atom. The number of nitriles is 1. The Balaban J connectivity index is 2.10. The topological polar surface area (TPSA) is 144 Å². The summed E-state index contributed by atoms with van der Waals surface area (Å²) < 4.78 is 4.60. The van der Waals surface area contributed by atoms with E-state index in [0.717, 1.165) is 11.3 Å². The van der Waals surface area contributed by atoms with Crippen molar-refractivity contribution < 1.29 is 9.32 Å². The maximum absolute atomic E-state index is 11.1. The number of amides is 1. The van der Waals surface area contributed by atoms with E-state index >= 15 is 0 Å². The molecule has 0 unspecified atom stereocenters. The first-order valence-corrected chi connectivity index (χ1v) is 6.06. The van der Waals surface area contributed by atoms with Gasteiger partial charge in [-0.25, -0.2) is 0 Å². The Kier molecular flexibility index (Phi) is 3.63. The SMILES string of the molecule is N#Cc1c(NCCc2ncon2)sc(C(N)=O)c1N. The van der Waals surface area contributed by atoms with Gasteiger partial charge in [-0.2, -0.15) is 10.2 Å². The number of thiophene rings is 1. The fourth-order valence-electron chi connectivity index (χ4n) is 1.45. The minimum absolute atomic E-state index is 0.113. The number of nitrogen functional groups attached to an aromatic ring is 1. The molecule has 5 N–H and O–H groups in total. The first-order chi connectivity index (χ1) is 9.13.